The molecule has 1 N–H and O–H groups in total. The van der Waals surface area contributed by atoms with Gasteiger partial charge in [0.1, 0.15) is 0 Å². The number of hydrogen-bond acceptors (Lipinski definition) is 5. The van der Waals surface area contributed by atoms with Crippen molar-refractivity contribution in [3.05, 3.63) is 132 Å². The van der Waals surface area contributed by atoms with Crippen LogP contribution in [-0.2, 0) is 0 Å². The molecular weight excluding hydrogens is 747 g/mol. The minimum absolute atomic E-state index is 0. The number of alkyl halides is 3. The van der Waals surface area contributed by atoms with Crippen LogP contribution in [0.5, 0.6) is 0 Å². The van der Waals surface area contributed by atoms with Crippen LogP contribution in [0.4, 0.5) is 13.2 Å². The molecule has 0 spiro atoms. The van der Waals surface area contributed by atoms with Gasteiger partial charge in [-0.3, -0.25) is 14.8 Å². The first kappa shape index (κ1) is 33.5. The minimum Gasteiger partial charge on any atom is -0.504 e. The molecule has 3 heterocycles. The van der Waals surface area contributed by atoms with Gasteiger partial charge in [-0.1, -0.05) is 78.9 Å². The summed E-state index contributed by atoms with van der Waals surface area (Å²) in [7, 11) is 2.52. The van der Waals surface area contributed by atoms with Gasteiger partial charge in [0.2, 0.25) is 5.76 Å². The van der Waals surface area contributed by atoms with Crippen LogP contribution < -0.4 is 0 Å². The van der Waals surface area contributed by atoms with Crippen LogP contribution in [0.3, 0.4) is 0 Å². The van der Waals surface area contributed by atoms with E-state index in [1.165, 1.54) is 34.4 Å². The molecule has 4 nitrogen and oxygen atoms in total. The summed E-state index contributed by atoms with van der Waals surface area (Å²) >= 11 is 1.01. The van der Waals surface area contributed by atoms with Crippen LogP contribution in [0.1, 0.15) is 9.67 Å². The fourth-order valence-electron chi connectivity index (χ4n) is 4.26. The smallest absolute Gasteiger partial charge is 0.448 e. The summed E-state index contributed by atoms with van der Waals surface area (Å²) in [6.45, 7) is 0. The molecule has 0 saturated carbocycles. The maximum absolute atomic E-state index is 11.8. The van der Waals surface area contributed by atoms with Crippen LogP contribution >= 0.6 is 29.1 Å². The normalized spacial score (nSPS) is 11.6. The number of fused-ring (bicyclic) bond motifs is 3. The molecule has 0 aliphatic heterocycles. The largest absolute Gasteiger partial charge is 0.504 e. The molecule has 3 aromatic heterocycles. The van der Waals surface area contributed by atoms with E-state index in [0.717, 1.165) is 33.1 Å². The third-order valence-corrected chi connectivity index (χ3v) is 7.00. The Morgan fingerprint density at radius 2 is 1.26 bits per heavy atom. The van der Waals surface area contributed by atoms with Gasteiger partial charge >= 0.3 is 6.18 Å². The zero-order chi connectivity index (χ0) is 30.8. The van der Waals surface area contributed by atoms with Crippen LogP contribution in [0, 0.1) is 49.4 Å². The SMILES string of the molecule is O=C(C=C(O)C(F)(F)F)c1cccs1.[2H]PP.[Eu].c1ccc(-c2ccnc3c2ccc2c(-c4ccccc4)ccnc23)cc1. The number of carbonyl (C=O) groups is 1. The second-order valence-electron chi connectivity index (χ2n) is 8.68. The predicted octanol–water partition coefficient (Wildman–Crippen LogP) is 9.70. The summed E-state index contributed by atoms with van der Waals surface area (Å²) in [6.07, 6.45) is -0.944. The molecule has 3 aromatic carbocycles. The monoisotopic (exact) mass is 774 g/mol. The van der Waals surface area contributed by atoms with E-state index in [0.29, 0.717) is 0 Å². The van der Waals surface area contributed by atoms with Crippen molar-refractivity contribution >= 4 is 56.7 Å². The van der Waals surface area contributed by atoms with Crippen LogP contribution in [0.15, 0.2) is 127 Å². The van der Waals surface area contributed by atoms with Gasteiger partial charge in [-0.25, -0.2) is 0 Å². The molecule has 43 heavy (non-hydrogen) atoms. The Bertz CT molecular complexity index is 1750. The maximum Gasteiger partial charge on any atom is 0.448 e. The average molecular weight is 774 g/mol. The molecule has 0 aliphatic carbocycles. The summed E-state index contributed by atoms with van der Waals surface area (Å²) in [6, 6.07) is 32.3. The summed E-state index contributed by atoms with van der Waals surface area (Å²) < 4.78 is 41.6. The Balaban J connectivity index is 0.000000251. The second kappa shape index (κ2) is 16.6. The molecule has 0 aliphatic rings. The number of thiophene rings is 1. The molecule has 0 amide bonds. The summed E-state index contributed by atoms with van der Waals surface area (Å²) in [4.78, 5) is 20.5. The van der Waals surface area contributed by atoms with Gasteiger partial charge < -0.3 is 5.11 Å². The van der Waals surface area contributed by atoms with Crippen molar-refractivity contribution in [1.29, 1.82) is 1.28 Å². The number of nitrogens with zero attached hydrogens (tertiary/aromatic N) is 2. The van der Waals surface area contributed by atoms with Gasteiger partial charge in [0.25, 0.3) is 0 Å². The van der Waals surface area contributed by atoms with Gasteiger partial charge in [0, 0.05) is 78.6 Å². The Kier molecular flexibility index (Phi) is 13.0. The van der Waals surface area contributed by atoms with E-state index in [9.17, 15) is 18.0 Å². The Morgan fingerprint density at radius 3 is 1.65 bits per heavy atom. The van der Waals surface area contributed by atoms with Crippen molar-refractivity contribution < 1.29 is 72.4 Å². The molecule has 6 rings (SSSR count). The molecule has 2 unspecified atom stereocenters. The van der Waals surface area contributed by atoms with Gasteiger partial charge in [0.15, 0.2) is 5.78 Å². The van der Waals surface area contributed by atoms with E-state index in [2.05, 4.69) is 91.7 Å². The third-order valence-electron chi connectivity index (χ3n) is 6.11. The molecule has 6 aromatic rings. The first-order chi connectivity index (χ1) is 20.7. The number of pyridine rings is 2. The van der Waals surface area contributed by atoms with Crippen molar-refractivity contribution in [3.8, 4) is 22.3 Å². The topological polar surface area (TPSA) is 63.1 Å². The number of hydrogen-bond donors (Lipinski definition) is 1. The number of carbonyl (C=O) groups excluding carboxylic acids is 1. The number of ketones is 1. The van der Waals surface area contributed by atoms with Crippen LogP contribution in [0.25, 0.3) is 44.1 Å². The molecule has 0 saturated heterocycles. The number of aliphatic hydroxyl groups is 1. The van der Waals surface area contributed by atoms with Crippen LogP contribution in [0.2, 0.25) is 0 Å². The van der Waals surface area contributed by atoms with Gasteiger partial charge in [-0.2, -0.15) is 13.2 Å². The Labute approximate surface area is 297 Å². The van der Waals surface area contributed by atoms with Crippen molar-refractivity contribution in [2.24, 2.45) is 0 Å². The molecular formula is C32H25EuF3N2O2P2S. The molecule has 2 atom stereocenters. The average Bonchev–Trinajstić information content (AvgIpc) is 3.57. The number of aliphatic hydroxyl groups excluding tert-OH is 1. The summed E-state index contributed by atoms with van der Waals surface area (Å²) in [5.74, 6) is -2.73. The molecule has 11 heteroatoms. The van der Waals surface area contributed by atoms with Gasteiger partial charge in [-0.15, -0.1) is 29.1 Å². The number of allylic oxidation sites excluding steroid dienone is 2. The Morgan fingerprint density at radius 1 is 0.791 bits per heavy atom. The second-order valence-corrected chi connectivity index (χ2v) is 9.62. The standard InChI is InChI=1S/C24H16N2.C8H5F3O2S.Eu.H4P2/c1-3-7-17(8-4-1)19-13-15-25-23-21(19)11-12-22-20(14-16-26-24(22)23)18-9-5-2-6-10-18;9-8(10,11)7(13)4-5(12)6-2-1-3-14-6;;1-2/h1-16H;1-4,13H;;1-2H2/i;;;1D. The van der Waals surface area contributed by atoms with E-state index < -0.39 is 17.7 Å². The number of benzene rings is 3. The fourth-order valence-corrected chi connectivity index (χ4v) is 4.90. The predicted molar refractivity (Wildman–Crippen MR) is 173 cm³/mol. The minimum atomic E-state index is -4.87. The van der Waals surface area contributed by atoms with E-state index >= 15 is 0 Å². The number of halogens is 3. The van der Waals surface area contributed by atoms with E-state index in [1.54, 1.807) is 5.38 Å². The quantitative estimate of drug-likeness (QED) is 0.0638. The molecule has 1 radical (unpaired) electrons. The molecule has 0 fully saturated rings. The van der Waals surface area contributed by atoms with Crippen molar-refractivity contribution in [2.75, 3.05) is 0 Å². The summed E-state index contributed by atoms with van der Waals surface area (Å²) in [5.41, 5.74) is 6.65. The molecule has 219 valence electrons. The van der Waals surface area contributed by atoms with E-state index in [-0.39, 0.29) is 69.2 Å². The zero-order valence-corrected chi connectivity index (χ0v) is 27.7. The van der Waals surface area contributed by atoms with Crippen molar-refractivity contribution in [2.45, 2.75) is 6.18 Å². The Hall–Kier alpha value is -2.38. The summed E-state index contributed by atoms with van der Waals surface area (Å²) in [5, 5.41) is 12.3. The number of rotatable bonds is 4. The van der Waals surface area contributed by atoms with Crippen LogP contribution in [-0.4, -0.2) is 28.3 Å². The van der Waals surface area contributed by atoms with E-state index in [1.807, 2.05) is 24.5 Å². The first-order valence-electron chi connectivity index (χ1n) is 12.9. The first-order valence-corrected chi connectivity index (χ1v) is 15.6. The van der Waals surface area contributed by atoms with E-state index in [4.69, 9.17) is 6.39 Å². The maximum atomic E-state index is 11.8. The van der Waals surface area contributed by atoms with Gasteiger partial charge in [0.05, 0.1) is 17.2 Å². The number of aromatic nitrogens is 2. The van der Waals surface area contributed by atoms with Crippen molar-refractivity contribution in [3.63, 3.8) is 0 Å². The third kappa shape index (κ3) is 8.85. The van der Waals surface area contributed by atoms with Gasteiger partial charge in [-0.05, 0) is 45.8 Å². The fraction of sp³-hybridized carbons (Fsp3) is 0.0312. The van der Waals surface area contributed by atoms with Crippen molar-refractivity contribution in [1.82, 2.24) is 9.97 Å². The zero-order valence-electron chi connectivity index (χ0n) is 23.3. The molecule has 0 bridgehead atoms.